The fourth-order valence-electron chi connectivity index (χ4n) is 9.39. The minimum Gasteiger partial charge on any atom is -0.448 e. The van der Waals surface area contributed by atoms with Gasteiger partial charge in [0.2, 0.25) is 11.4 Å². The van der Waals surface area contributed by atoms with E-state index in [1.165, 1.54) is 25.1 Å². The van der Waals surface area contributed by atoms with Crippen molar-refractivity contribution in [2.24, 2.45) is 23.7 Å². The lowest BCUT2D eigenvalue weighted by molar-refractivity contribution is -0.122. The Morgan fingerprint density at radius 2 is 1.38 bits per heavy atom. The smallest absolute Gasteiger partial charge is 0.435 e. The molecule has 0 bridgehead atoms. The van der Waals surface area contributed by atoms with Crippen LogP contribution in [-0.4, -0.2) is 44.2 Å². The first-order chi connectivity index (χ1) is 27.5. The average molecular weight is 743 g/mol. The third-order valence-corrected chi connectivity index (χ3v) is 12.0. The standard InChI is InChI=1S/C23H23N3O3.C20H19N3O.2CH4/c1-5-29-22(28)26-19(15-9-7-6-8-10-15)16-11-12-17-14(2)20(27)18(24-4)13-23(17,3)21(16)25-26;1-12-15-10-9-14-17(13-7-5-4-6-8-13)22-23-19(14)20(15,2)11-16(21-3)18(12)24;;/h6-10,13-14,17H,5,11-12H2,1-3H3;4-8,11-12,15H,9-10H2,1-2H3,(H,22,23);2*1H4/t14-,17-,23-;12-,15-,20-;;/m00../s1/i;;2*1T. The number of hydrogen-bond donors (Lipinski definition) is 1. The molecule has 6 atom stereocenters. The lowest BCUT2D eigenvalue weighted by atomic mass is 9.58. The zero-order valence-corrected chi connectivity index (χ0v) is 32.6. The molecule has 0 aliphatic heterocycles. The van der Waals surface area contributed by atoms with Crippen LogP contribution >= 0.6 is 0 Å². The normalized spacial score (nSPS) is 26.1. The number of aromatic nitrogens is 4. The van der Waals surface area contributed by atoms with Gasteiger partial charge in [-0.05, 0) is 44.4 Å². The number of carbonyl (C=O) groups excluding carboxylic acids is 3. The summed E-state index contributed by atoms with van der Waals surface area (Å²) in [5.74, 6) is -0.233. The lowest BCUT2D eigenvalue weighted by Gasteiger charge is -2.45. The highest BCUT2D eigenvalue weighted by atomic mass is 16.6. The van der Waals surface area contributed by atoms with Gasteiger partial charge in [-0.15, -0.1) is 0 Å². The van der Waals surface area contributed by atoms with Gasteiger partial charge in [0.05, 0.1) is 36.8 Å². The Balaban J connectivity index is 0.000000203. The number of H-pyrrole nitrogens is 1. The molecular formula is C45H50N6O4. The van der Waals surface area contributed by atoms with Gasteiger partial charge in [-0.25, -0.2) is 14.5 Å². The Labute approximate surface area is 327 Å². The van der Waals surface area contributed by atoms with Crippen molar-refractivity contribution in [1.82, 2.24) is 20.0 Å². The maximum absolute atomic E-state index is 12.7. The second-order valence-electron chi connectivity index (χ2n) is 14.9. The molecule has 4 aliphatic carbocycles. The van der Waals surface area contributed by atoms with Gasteiger partial charge in [0.1, 0.15) is 0 Å². The van der Waals surface area contributed by atoms with Crippen LogP contribution < -0.4 is 0 Å². The largest absolute Gasteiger partial charge is 0.448 e. The molecule has 2 aromatic carbocycles. The number of ketones is 2. The molecule has 284 valence electrons. The van der Waals surface area contributed by atoms with Crippen molar-refractivity contribution in [3.63, 3.8) is 0 Å². The van der Waals surface area contributed by atoms with Gasteiger partial charge in [-0.3, -0.25) is 5.10 Å². The summed E-state index contributed by atoms with van der Waals surface area (Å²) in [4.78, 5) is 44.6. The van der Waals surface area contributed by atoms with Gasteiger partial charge in [0, 0.05) is 53.4 Å². The predicted octanol–water partition coefficient (Wildman–Crippen LogP) is 9.59. The van der Waals surface area contributed by atoms with E-state index >= 15 is 0 Å². The summed E-state index contributed by atoms with van der Waals surface area (Å²) in [6.07, 6.45) is 6.49. The molecule has 10 heteroatoms. The van der Waals surface area contributed by atoms with Crippen LogP contribution in [0.1, 0.15) is 87.5 Å². The van der Waals surface area contributed by atoms with Crippen LogP contribution in [0.5, 0.6) is 0 Å². The van der Waals surface area contributed by atoms with Crippen molar-refractivity contribution in [2.45, 2.75) is 85.9 Å². The van der Waals surface area contributed by atoms with Gasteiger partial charge < -0.3 is 14.3 Å². The van der Waals surface area contributed by atoms with Gasteiger partial charge in [-0.2, -0.15) is 14.9 Å². The Bertz CT molecular complexity index is 2280. The van der Waals surface area contributed by atoms with Crippen LogP contribution in [0.4, 0.5) is 4.79 Å². The van der Waals surface area contributed by atoms with Crippen molar-refractivity contribution in [3.8, 4) is 22.5 Å². The first-order valence-electron chi connectivity index (χ1n) is 20.3. The van der Waals surface area contributed by atoms with E-state index in [4.69, 9.17) is 25.7 Å². The monoisotopic (exact) mass is 742 g/mol. The van der Waals surface area contributed by atoms with Crippen molar-refractivity contribution in [3.05, 3.63) is 130 Å². The maximum atomic E-state index is 12.7. The SMILES string of the molecule is [3H]C.[3H]C.[C-]#[N+]C1=C[C@]2(C)c3[nH]nc(-c4ccccc4)c3CC[C@H]2[C@H](C)C1=O.[C-]#[N+]C1=C[C@]2(C)c3nn(C(=O)OCC)c(-c4ccccc4)c3CC[C@H]2[C@H](C)C1=O. The number of nitrogens with one attached hydrogen (secondary N) is 1. The van der Waals surface area contributed by atoms with Crippen molar-refractivity contribution in [1.29, 1.82) is 0 Å². The summed E-state index contributed by atoms with van der Waals surface area (Å²) in [7, 11) is 2.50. The highest BCUT2D eigenvalue weighted by Gasteiger charge is 2.51. The minimum atomic E-state index is -0.581. The molecule has 8 rings (SSSR count). The maximum Gasteiger partial charge on any atom is 0.435 e. The number of rotatable bonds is 3. The molecule has 4 aromatic rings. The average Bonchev–Trinajstić information content (AvgIpc) is 3.87. The summed E-state index contributed by atoms with van der Waals surface area (Å²) in [6.45, 7) is 24.8. The molecule has 55 heavy (non-hydrogen) atoms. The molecule has 0 saturated carbocycles. The second-order valence-corrected chi connectivity index (χ2v) is 14.9. The van der Waals surface area contributed by atoms with E-state index in [1.807, 2.05) is 75.4 Å². The fourth-order valence-corrected chi connectivity index (χ4v) is 9.39. The molecule has 0 fully saturated rings. The summed E-state index contributed by atoms with van der Waals surface area (Å²) in [5, 5.41) is 12.5. The Hall–Kier alpha value is -5.87. The third kappa shape index (κ3) is 6.44. The van der Waals surface area contributed by atoms with Crippen molar-refractivity contribution >= 4 is 17.7 Å². The van der Waals surface area contributed by atoms with Crippen LogP contribution in [0.3, 0.4) is 0 Å². The van der Waals surface area contributed by atoms with Crippen LogP contribution in [0, 0.1) is 36.8 Å². The van der Waals surface area contributed by atoms with Gasteiger partial charge in [0.15, 0.2) is 11.6 Å². The molecular weight excluding hydrogens is 689 g/mol. The molecule has 0 radical (unpaired) electrons. The highest BCUT2D eigenvalue weighted by Crippen LogP contribution is 2.52. The van der Waals surface area contributed by atoms with E-state index in [0.29, 0.717) is 0 Å². The number of aromatic amines is 1. The number of Topliss-reactive ketones (excluding diaryl/α,β-unsaturated/α-hetero) is 2. The van der Waals surface area contributed by atoms with Crippen LogP contribution in [0.2, 0.25) is 0 Å². The minimum absolute atomic E-state index is 0.0151. The lowest BCUT2D eigenvalue weighted by Crippen LogP contribution is -2.45. The summed E-state index contributed by atoms with van der Waals surface area (Å²) >= 11 is 0. The molecule has 10 nitrogen and oxygen atoms in total. The number of fused-ring (bicyclic) bond motifs is 6. The highest BCUT2D eigenvalue weighted by molar-refractivity contribution is 6.01. The fraction of sp³-hybridized carbons (Fsp3) is 0.400. The van der Waals surface area contributed by atoms with E-state index in [2.05, 4.69) is 38.9 Å². The molecule has 0 amide bonds. The number of allylic oxidation sites excluding steroid dienone is 4. The quantitative estimate of drug-likeness (QED) is 0.209. The van der Waals surface area contributed by atoms with E-state index in [1.54, 1.807) is 13.0 Å². The summed E-state index contributed by atoms with van der Waals surface area (Å²) in [5.41, 5.74) is 7.29. The molecule has 4 aliphatic rings. The van der Waals surface area contributed by atoms with Gasteiger partial charge in [0.25, 0.3) is 0 Å². The number of hydrogen-bond acceptors (Lipinski definition) is 6. The van der Waals surface area contributed by atoms with Crippen molar-refractivity contribution < 1.29 is 21.9 Å². The van der Waals surface area contributed by atoms with E-state index in [-0.39, 0.29) is 58.7 Å². The van der Waals surface area contributed by atoms with E-state index in [9.17, 15) is 14.4 Å². The Kier molecular flexibility index (Phi) is 10.5. The van der Waals surface area contributed by atoms with E-state index < -0.39 is 11.5 Å². The molecule has 2 heterocycles. The number of nitrogens with zero attached hydrogens (tertiary/aromatic N) is 5. The zero-order valence-electron chi connectivity index (χ0n) is 34.6. The predicted molar refractivity (Wildman–Crippen MR) is 214 cm³/mol. The zero-order chi connectivity index (χ0) is 41.7. The third-order valence-electron chi connectivity index (χ3n) is 12.0. The molecule has 1 N–H and O–H groups in total. The Morgan fingerprint density at radius 1 is 0.873 bits per heavy atom. The van der Waals surface area contributed by atoms with Crippen LogP contribution in [-0.2, 0) is 38.0 Å². The first-order valence-corrected chi connectivity index (χ1v) is 18.3. The van der Waals surface area contributed by atoms with Gasteiger partial charge >= 0.3 is 6.09 Å². The number of benzene rings is 2. The molecule has 0 saturated heterocycles. The number of carbonyl (C=O) groups is 3. The number of ether oxygens (including phenoxy) is 1. The second kappa shape index (κ2) is 15.5. The molecule has 2 aromatic heterocycles. The van der Waals surface area contributed by atoms with Crippen LogP contribution in [0.25, 0.3) is 32.2 Å². The first kappa shape index (κ1) is 37.4. The topological polar surface area (TPSA) is 116 Å². The van der Waals surface area contributed by atoms with Crippen LogP contribution in [0.15, 0.2) is 84.2 Å². The molecule has 0 unspecified atom stereocenters. The Morgan fingerprint density at radius 3 is 1.93 bits per heavy atom. The summed E-state index contributed by atoms with van der Waals surface area (Å²) < 4.78 is 18.1. The van der Waals surface area contributed by atoms with E-state index in [0.717, 1.165) is 65.1 Å². The summed E-state index contributed by atoms with van der Waals surface area (Å²) in [6, 6.07) is 19.9. The van der Waals surface area contributed by atoms with Gasteiger partial charge in [-0.1, -0.05) is 115 Å². The van der Waals surface area contributed by atoms with Crippen molar-refractivity contribution in [2.75, 3.05) is 6.61 Å². The molecule has 0 spiro atoms.